The van der Waals surface area contributed by atoms with Crippen molar-refractivity contribution in [2.75, 3.05) is 33.4 Å². The molecule has 1 heterocycles. The molecular weight excluding hydrogens is 198 g/mol. The van der Waals surface area contributed by atoms with Crippen LogP contribution in [0.3, 0.4) is 0 Å². The van der Waals surface area contributed by atoms with E-state index < -0.39 is 0 Å². The Balaban J connectivity index is 2.42. The third-order valence-electron chi connectivity index (χ3n) is 1.94. The summed E-state index contributed by atoms with van der Waals surface area (Å²) < 4.78 is 4.98. The van der Waals surface area contributed by atoms with Crippen LogP contribution < -0.4 is 0 Å². The molecule has 0 aliphatic rings. The van der Waals surface area contributed by atoms with Gasteiger partial charge < -0.3 is 9.84 Å². The maximum absolute atomic E-state index is 8.88. The van der Waals surface area contributed by atoms with Crippen LogP contribution in [0.25, 0.3) is 0 Å². The first-order valence-corrected chi connectivity index (χ1v) is 4.81. The minimum absolute atomic E-state index is 0.115. The summed E-state index contributed by atoms with van der Waals surface area (Å²) in [6.07, 6.45) is 0. The van der Waals surface area contributed by atoms with Gasteiger partial charge in [-0.25, -0.2) is 0 Å². The summed E-state index contributed by atoms with van der Waals surface area (Å²) in [6.45, 7) is 2.65. The third kappa shape index (κ3) is 4.32. The van der Waals surface area contributed by atoms with Crippen LogP contribution in [-0.4, -0.2) is 63.6 Å². The molecule has 1 N–H and O–H groups in total. The lowest BCUT2D eigenvalue weighted by molar-refractivity contribution is 0.125. The van der Waals surface area contributed by atoms with Crippen LogP contribution in [-0.2, 0) is 18.3 Å². The van der Waals surface area contributed by atoms with E-state index in [-0.39, 0.29) is 6.61 Å². The maximum Gasteiger partial charge on any atom is 0.188 e. The Bertz CT molecular complexity index is 278. The third-order valence-corrected chi connectivity index (χ3v) is 1.94. The fourth-order valence-corrected chi connectivity index (χ4v) is 1.22. The van der Waals surface area contributed by atoms with Crippen molar-refractivity contribution < 1.29 is 9.84 Å². The molecule has 0 bridgehead atoms. The molecule has 7 heteroatoms. The molecule has 7 nitrogen and oxygen atoms in total. The molecular formula is C8H17N5O2. The van der Waals surface area contributed by atoms with Crippen LogP contribution in [0, 0.1) is 0 Å². The summed E-state index contributed by atoms with van der Waals surface area (Å²) in [5.74, 6) is 0.655. The number of aromatic nitrogens is 4. The fourth-order valence-electron chi connectivity index (χ4n) is 1.22. The van der Waals surface area contributed by atoms with E-state index in [4.69, 9.17) is 9.84 Å². The van der Waals surface area contributed by atoms with Crippen molar-refractivity contribution in [3.63, 3.8) is 0 Å². The molecule has 0 radical (unpaired) electrons. The highest BCUT2D eigenvalue weighted by molar-refractivity contribution is 4.76. The zero-order chi connectivity index (χ0) is 11.1. The van der Waals surface area contributed by atoms with E-state index in [2.05, 4.69) is 15.4 Å². The van der Waals surface area contributed by atoms with Crippen molar-refractivity contribution in [2.24, 2.45) is 7.05 Å². The van der Waals surface area contributed by atoms with Gasteiger partial charge >= 0.3 is 0 Å². The first-order chi connectivity index (χ1) is 7.26. The summed E-state index contributed by atoms with van der Waals surface area (Å²) in [4.78, 5) is 3.43. The summed E-state index contributed by atoms with van der Waals surface area (Å²) in [6, 6.07) is 0. The number of aliphatic hydroxyl groups is 1. The monoisotopic (exact) mass is 215 g/mol. The van der Waals surface area contributed by atoms with E-state index in [1.165, 1.54) is 4.80 Å². The van der Waals surface area contributed by atoms with Crippen molar-refractivity contribution >= 4 is 0 Å². The first kappa shape index (κ1) is 12.0. The van der Waals surface area contributed by atoms with Crippen LogP contribution in [0.1, 0.15) is 5.82 Å². The van der Waals surface area contributed by atoms with Crippen LogP contribution in [0.4, 0.5) is 0 Å². The standard InChI is InChI=1S/C8H17N5O2/c1-12-10-8(9-11-12)7-13(3-5-14)4-6-15-2/h14H,3-7H2,1-2H3. The Morgan fingerprint density at radius 2 is 2.27 bits per heavy atom. The second-order valence-electron chi connectivity index (χ2n) is 3.19. The Hall–Kier alpha value is -1.05. The number of rotatable bonds is 7. The number of aliphatic hydroxyl groups excluding tert-OH is 1. The second kappa shape index (κ2) is 6.44. The molecule has 0 fully saturated rings. The van der Waals surface area contributed by atoms with Crippen molar-refractivity contribution in [2.45, 2.75) is 6.54 Å². The van der Waals surface area contributed by atoms with Gasteiger partial charge in [-0.1, -0.05) is 0 Å². The highest BCUT2D eigenvalue weighted by Gasteiger charge is 2.08. The normalized spacial score (nSPS) is 11.2. The van der Waals surface area contributed by atoms with Gasteiger partial charge in [0.1, 0.15) is 0 Å². The van der Waals surface area contributed by atoms with Gasteiger partial charge in [0, 0.05) is 20.2 Å². The molecule has 0 aromatic carbocycles. The summed E-state index contributed by atoms with van der Waals surface area (Å²) in [5.41, 5.74) is 0. The average molecular weight is 215 g/mol. The molecule has 0 amide bonds. The molecule has 0 spiro atoms. The smallest absolute Gasteiger partial charge is 0.188 e. The van der Waals surface area contributed by atoms with Crippen molar-refractivity contribution in [3.8, 4) is 0 Å². The molecule has 0 atom stereocenters. The number of ether oxygens (including phenoxy) is 1. The van der Waals surface area contributed by atoms with E-state index >= 15 is 0 Å². The maximum atomic E-state index is 8.88. The quantitative estimate of drug-likeness (QED) is 0.606. The Morgan fingerprint density at radius 3 is 2.80 bits per heavy atom. The number of aryl methyl sites for hydroxylation is 1. The fraction of sp³-hybridized carbons (Fsp3) is 0.875. The van der Waals surface area contributed by atoms with Gasteiger partial charge in [0.15, 0.2) is 5.82 Å². The zero-order valence-corrected chi connectivity index (χ0v) is 9.13. The lowest BCUT2D eigenvalue weighted by atomic mass is 10.4. The number of hydrogen-bond donors (Lipinski definition) is 1. The van der Waals surface area contributed by atoms with Gasteiger partial charge in [-0.3, -0.25) is 4.90 Å². The van der Waals surface area contributed by atoms with Gasteiger partial charge in [-0.05, 0) is 5.21 Å². The van der Waals surface area contributed by atoms with E-state index in [1.807, 2.05) is 4.90 Å². The molecule has 0 saturated carbocycles. The molecule has 0 saturated heterocycles. The van der Waals surface area contributed by atoms with Crippen LogP contribution in [0.5, 0.6) is 0 Å². The predicted molar refractivity (Wildman–Crippen MR) is 53.0 cm³/mol. The van der Waals surface area contributed by atoms with Gasteiger partial charge in [-0.2, -0.15) is 4.80 Å². The Labute approximate surface area is 88.6 Å². The number of tetrazole rings is 1. The van der Waals surface area contributed by atoms with Crippen LogP contribution in [0.15, 0.2) is 0 Å². The van der Waals surface area contributed by atoms with Gasteiger partial charge in [-0.15, -0.1) is 10.2 Å². The first-order valence-electron chi connectivity index (χ1n) is 4.81. The number of methoxy groups -OCH3 is 1. The molecule has 15 heavy (non-hydrogen) atoms. The highest BCUT2D eigenvalue weighted by Crippen LogP contribution is 1.96. The van der Waals surface area contributed by atoms with E-state index in [0.29, 0.717) is 25.5 Å². The van der Waals surface area contributed by atoms with E-state index in [9.17, 15) is 0 Å². The van der Waals surface area contributed by atoms with Crippen LogP contribution in [0.2, 0.25) is 0 Å². The molecule has 1 aromatic heterocycles. The molecule has 0 unspecified atom stereocenters. The predicted octanol–water partition coefficient (Wildman–Crippen LogP) is -1.35. The van der Waals surface area contributed by atoms with Crippen molar-refractivity contribution in [3.05, 3.63) is 5.82 Å². The second-order valence-corrected chi connectivity index (χ2v) is 3.19. The van der Waals surface area contributed by atoms with Crippen molar-refractivity contribution in [1.29, 1.82) is 0 Å². The average Bonchev–Trinajstić information content (AvgIpc) is 2.61. The van der Waals surface area contributed by atoms with Crippen molar-refractivity contribution in [1.82, 2.24) is 25.1 Å². The summed E-state index contributed by atoms with van der Waals surface area (Å²) in [7, 11) is 3.37. The largest absolute Gasteiger partial charge is 0.395 e. The minimum atomic E-state index is 0.115. The SMILES string of the molecule is COCCN(CCO)Cc1nnn(C)n1. The van der Waals surface area contributed by atoms with Gasteiger partial charge in [0.25, 0.3) is 0 Å². The van der Waals surface area contributed by atoms with Crippen LogP contribution >= 0.6 is 0 Å². The highest BCUT2D eigenvalue weighted by atomic mass is 16.5. The Morgan fingerprint density at radius 1 is 1.47 bits per heavy atom. The lowest BCUT2D eigenvalue weighted by Gasteiger charge is -2.18. The molecule has 0 aliphatic carbocycles. The number of hydrogen-bond acceptors (Lipinski definition) is 6. The minimum Gasteiger partial charge on any atom is -0.395 e. The van der Waals surface area contributed by atoms with E-state index in [1.54, 1.807) is 14.2 Å². The zero-order valence-electron chi connectivity index (χ0n) is 9.13. The molecule has 86 valence electrons. The molecule has 1 rings (SSSR count). The molecule has 0 aliphatic heterocycles. The topological polar surface area (TPSA) is 76.3 Å². The molecule has 1 aromatic rings. The Kier molecular flexibility index (Phi) is 5.16. The summed E-state index contributed by atoms with van der Waals surface area (Å²) in [5, 5.41) is 20.6. The summed E-state index contributed by atoms with van der Waals surface area (Å²) >= 11 is 0. The lowest BCUT2D eigenvalue weighted by Crippen LogP contribution is -2.30. The van der Waals surface area contributed by atoms with Gasteiger partial charge in [0.2, 0.25) is 0 Å². The van der Waals surface area contributed by atoms with Gasteiger partial charge in [0.05, 0.1) is 26.8 Å². The van der Waals surface area contributed by atoms with E-state index in [0.717, 1.165) is 6.54 Å². The number of nitrogens with zero attached hydrogens (tertiary/aromatic N) is 5.